The number of hydrogen-bond donors (Lipinski definition) is 1. The number of rotatable bonds is 2. The molecular weight excluding hydrogens is 266 g/mol. The molecule has 0 radical (unpaired) electrons. The monoisotopic (exact) mass is 277 g/mol. The van der Waals surface area contributed by atoms with Crippen LogP contribution in [0.4, 0.5) is 0 Å². The van der Waals surface area contributed by atoms with E-state index in [9.17, 15) is 0 Å². The highest BCUT2D eigenvalue weighted by atomic mass is 79.9. The number of nitrogens with zero attached hydrogens (tertiary/aromatic N) is 1. The van der Waals surface area contributed by atoms with Crippen LogP contribution >= 0.6 is 15.9 Å². The summed E-state index contributed by atoms with van der Waals surface area (Å²) >= 11 is 3.40. The van der Waals surface area contributed by atoms with Crippen molar-refractivity contribution in [1.29, 1.82) is 0 Å². The van der Waals surface area contributed by atoms with Gasteiger partial charge in [0.25, 0.3) is 0 Å². The fourth-order valence-corrected chi connectivity index (χ4v) is 1.80. The number of pyridine rings is 1. The van der Waals surface area contributed by atoms with E-state index in [0.29, 0.717) is 0 Å². The van der Waals surface area contributed by atoms with E-state index in [1.54, 1.807) is 0 Å². The van der Waals surface area contributed by atoms with E-state index in [1.807, 2.05) is 43.3 Å². The van der Waals surface area contributed by atoms with Gasteiger partial charge in [-0.25, -0.2) is 0 Å². The molecule has 2 rings (SSSR count). The predicted molar refractivity (Wildman–Crippen MR) is 68.0 cm³/mol. The van der Waals surface area contributed by atoms with Crippen LogP contribution in [-0.2, 0) is 6.61 Å². The average Bonchev–Trinajstić information content (AvgIpc) is 2.30. The van der Waals surface area contributed by atoms with Gasteiger partial charge in [-0.1, -0.05) is 34.1 Å². The lowest BCUT2D eigenvalue weighted by molar-refractivity contribution is 0.280. The molecule has 1 aromatic heterocycles. The smallest absolute Gasteiger partial charge is 0.0705 e. The summed E-state index contributed by atoms with van der Waals surface area (Å²) in [6.45, 7) is 1.95. The number of aryl methyl sites for hydroxylation is 1. The van der Waals surface area contributed by atoms with E-state index in [1.165, 1.54) is 0 Å². The van der Waals surface area contributed by atoms with Crippen molar-refractivity contribution in [2.24, 2.45) is 0 Å². The Hall–Kier alpha value is -1.19. The molecule has 0 aliphatic heterocycles. The molecule has 1 heterocycles. The molecule has 0 spiro atoms. The van der Waals surface area contributed by atoms with Gasteiger partial charge in [0.2, 0.25) is 0 Å². The van der Waals surface area contributed by atoms with Gasteiger partial charge in [-0.2, -0.15) is 0 Å². The Morgan fingerprint density at radius 3 is 2.38 bits per heavy atom. The van der Waals surface area contributed by atoms with Crippen LogP contribution in [-0.4, -0.2) is 10.1 Å². The fraction of sp³-hybridized carbons (Fsp3) is 0.154. The van der Waals surface area contributed by atoms with Crippen LogP contribution in [0.3, 0.4) is 0 Å². The van der Waals surface area contributed by atoms with E-state index in [4.69, 9.17) is 5.11 Å². The summed E-state index contributed by atoms with van der Waals surface area (Å²) in [6.07, 6.45) is 0. The number of aliphatic hydroxyl groups is 1. The van der Waals surface area contributed by atoms with Gasteiger partial charge in [0, 0.05) is 15.7 Å². The van der Waals surface area contributed by atoms with Gasteiger partial charge >= 0.3 is 0 Å². The van der Waals surface area contributed by atoms with Gasteiger partial charge in [-0.15, -0.1) is 0 Å². The molecule has 0 fully saturated rings. The summed E-state index contributed by atoms with van der Waals surface area (Å²) in [5.41, 5.74) is 3.77. The minimum Gasteiger partial charge on any atom is -0.392 e. The topological polar surface area (TPSA) is 33.1 Å². The number of halogens is 1. The van der Waals surface area contributed by atoms with Crippen molar-refractivity contribution in [3.63, 3.8) is 0 Å². The third-order valence-electron chi connectivity index (χ3n) is 2.51. The minimum atomic E-state index is 0.0411. The SMILES string of the molecule is Cc1nc(-c2ccc(Br)cc2)ccc1CO. The van der Waals surface area contributed by atoms with Crippen molar-refractivity contribution in [1.82, 2.24) is 4.98 Å². The zero-order valence-electron chi connectivity index (χ0n) is 8.94. The second-order valence-electron chi connectivity index (χ2n) is 3.61. The molecule has 0 saturated carbocycles. The number of aromatic nitrogens is 1. The molecule has 0 amide bonds. The predicted octanol–water partition coefficient (Wildman–Crippen LogP) is 3.31. The molecule has 0 saturated heterocycles. The molecule has 1 aromatic carbocycles. The first-order valence-corrected chi connectivity index (χ1v) is 5.83. The Morgan fingerprint density at radius 1 is 1.12 bits per heavy atom. The Balaban J connectivity index is 2.41. The van der Waals surface area contributed by atoms with Crippen molar-refractivity contribution >= 4 is 15.9 Å². The first-order chi connectivity index (χ1) is 7.70. The second kappa shape index (κ2) is 4.76. The average molecular weight is 278 g/mol. The van der Waals surface area contributed by atoms with Gasteiger partial charge in [0.15, 0.2) is 0 Å². The van der Waals surface area contributed by atoms with Crippen molar-refractivity contribution < 1.29 is 5.11 Å². The zero-order chi connectivity index (χ0) is 11.5. The van der Waals surface area contributed by atoms with E-state index < -0.39 is 0 Å². The third kappa shape index (κ3) is 2.31. The standard InChI is InChI=1S/C13H12BrNO/c1-9-11(8-16)4-7-13(15-9)10-2-5-12(14)6-3-10/h2-7,16H,8H2,1H3. The molecular formula is C13H12BrNO. The highest BCUT2D eigenvalue weighted by Crippen LogP contribution is 2.21. The van der Waals surface area contributed by atoms with Gasteiger partial charge in [-0.3, -0.25) is 4.98 Å². The maximum atomic E-state index is 9.07. The molecule has 3 heteroatoms. The normalized spacial score (nSPS) is 10.4. The van der Waals surface area contributed by atoms with Crippen LogP contribution in [0.5, 0.6) is 0 Å². The van der Waals surface area contributed by atoms with Crippen molar-refractivity contribution in [3.05, 3.63) is 52.1 Å². The summed E-state index contributed by atoms with van der Waals surface area (Å²) in [4.78, 5) is 4.47. The summed E-state index contributed by atoms with van der Waals surface area (Å²) < 4.78 is 1.06. The van der Waals surface area contributed by atoms with Crippen LogP contribution < -0.4 is 0 Å². The number of benzene rings is 1. The minimum absolute atomic E-state index is 0.0411. The molecule has 2 nitrogen and oxygen atoms in total. The third-order valence-corrected chi connectivity index (χ3v) is 3.03. The lowest BCUT2D eigenvalue weighted by Gasteiger charge is -2.05. The quantitative estimate of drug-likeness (QED) is 0.914. The summed E-state index contributed by atoms with van der Waals surface area (Å²) in [5, 5.41) is 9.07. The van der Waals surface area contributed by atoms with Crippen molar-refractivity contribution in [2.45, 2.75) is 13.5 Å². The largest absolute Gasteiger partial charge is 0.392 e. The molecule has 82 valence electrons. The molecule has 16 heavy (non-hydrogen) atoms. The van der Waals surface area contributed by atoms with Gasteiger partial charge in [0.1, 0.15) is 0 Å². The molecule has 0 unspecified atom stereocenters. The van der Waals surface area contributed by atoms with Crippen LogP contribution in [0.15, 0.2) is 40.9 Å². The lowest BCUT2D eigenvalue weighted by Crippen LogP contribution is -1.94. The Labute approximate surface area is 103 Å². The zero-order valence-corrected chi connectivity index (χ0v) is 10.5. The van der Waals surface area contributed by atoms with E-state index in [2.05, 4.69) is 20.9 Å². The Kier molecular flexibility index (Phi) is 3.36. The van der Waals surface area contributed by atoms with Crippen LogP contribution in [0.25, 0.3) is 11.3 Å². The van der Waals surface area contributed by atoms with Crippen molar-refractivity contribution in [3.8, 4) is 11.3 Å². The molecule has 0 atom stereocenters. The van der Waals surface area contributed by atoms with E-state index >= 15 is 0 Å². The van der Waals surface area contributed by atoms with E-state index in [-0.39, 0.29) is 6.61 Å². The van der Waals surface area contributed by atoms with Crippen molar-refractivity contribution in [2.75, 3.05) is 0 Å². The molecule has 0 bridgehead atoms. The lowest BCUT2D eigenvalue weighted by atomic mass is 10.1. The number of aliphatic hydroxyl groups excluding tert-OH is 1. The van der Waals surface area contributed by atoms with Gasteiger partial charge < -0.3 is 5.11 Å². The maximum absolute atomic E-state index is 9.07. The van der Waals surface area contributed by atoms with Crippen LogP contribution in [0.1, 0.15) is 11.3 Å². The number of hydrogen-bond acceptors (Lipinski definition) is 2. The fourth-order valence-electron chi connectivity index (χ4n) is 1.54. The summed E-state index contributed by atoms with van der Waals surface area (Å²) in [7, 11) is 0. The molecule has 0 aliphatic carbocycles. The van der Waals surface area contributed by atoms with Gasteiger partial charge in [0.05, 0.1) is 12.3 Å². The molecule has 2 aromatic rings. The molecule has 1 N–H and O–H groups in total. The first-order valence-electron chi connectivity index (χ1n) is 5.04. The van der Waals surface area contributed by atoms with Crippen LogP contribution in [0, 0.1) is 6.92 Å². The van der Waals surface area contributed by atoms with E-state index in [0.717, 1.165) is 27.0 Å². The van der Waals surface area contributed by atoms with Gasteiger partial charge in [-0.05, 0) is 30.7 Å². The summed E-state index contributed by atoms with van der Waals surface area (Å²) in [5.74, 6) is 0. The first kappa shape index (κ1) is 11.3. The maximum Gasteiger partial charge on any atom is 0.0705 e. The highest BCUT2D eigenvalue weighted by molar-refractivity contribution is 9.10. The van der Waals surface area contributed by atoms with Crippen LogP contribution in [0.2, 0.25) is 0 Å². The second-order valence-corrected chi connectivity index (χ2v) is 4.52. The Bertz CT molecular complexity index is 494. The summed E-state index contributed by atoms with van der Waals surface area (Å²) in [6, 6.07) is 11.9. The molecule has 0 aliphatic rings. The highest BCUT2D eigenvalue weighted by Gasteiger charge is 2.02. The Morgan fingerprint density at radius 2 is 1.81 bits per heavy atom.